The average molecular weight is 257 g/mol. The van der Waals surface area contributed by atoms with Crippen LogP contribution in [0.2, 0.25) is 0 Å². The molecule has 0 saturated carbocycles. The minimum Gasteiger partial charge on any atom is -0.393 e. The van der Waals surface area contributed by atoms with E-state index >= 15 is 0 Å². The van der Waals surface area contributed by atoms with E-state index in [2.05, 4.69) is 35.8 Å². The van der Waals surface area contributed by atoms with Crippen molar-refractivity contribution in [2.75, 3.05) is 0 Å². The van der Waals surface area contributed by atoms with Gasteiger partial charge in [-0.3, -0.25) is 0 Å². The maximum absolute atomic E-state index is 9.87. The van der Waals surface area contributed by atoms with Gasteiger partial charge in [0.25, 0.3) is 0 Å². The van der Waals surface area contributed by atoms with Crippen LogP contribution in [0.3, 0.4) is 0 Å². The second-order valence-corrected chi connectivity index (χ2v) is 4.60. The maximum atomic E-state index is 9.87. The highest BCUT2D eigenvalue weighted by Crippen LogP contribution is 2.20. The van der Waals surface area contributed by atoms with Gasteiger partial charge in [0.05, 0.1) is 6.10 Å². The standard InChI is InChI=1S/C12H17BrO/c1-3-9(2)12(14)8-10-6-4-5-7-11(10)13/h4-7,9,12,14H,3,8H2,1-2H3. The molecule has 2 heteroatoms. The first-order chi connectivity index (χ1) is 6.65. The summed E-state index contributed by atoms with van der Waals surface area (Å²) < 4.78 is 1.09. The first-order valence-corrected chi connectivity index (χ1v) is 5.86. The Morgan fingerprint density at radius 3 is 2.57 bits per heavy atom. The second kappa shape index (κ2) is 5.52. The Kier molecular flexibility index (Phi) is 4.63. The molecular formula is C12H17BrO. The van der Waals surface area contributed by atoms with E-state index in [0.717, 1.165) is 17.3 Å². The van der Waals surface area contributed by atoms with Crippen LogP contribution in [0.25, 0.3) is 0 Å². The fourth-order valence-electron chi connectivity index (χ4n) is 1.36. The minimum absolute atomic E-state index is 0.237. The van der Waals surface area contributed by atoms with E-state index in [1.807, 2.05) is 18.2 Å². The Hall–Kier alpha value is -0.340. The highest BCUT2D eigenvalue weighted by atomic mass is 79.9. The Morgan fingerprint density at radius 1 is 1.36 bits per heavy atom. The van der Waals surface area contributed by atoms with Crippen molar-refractivity contribution in [3.05, 3.63) is 34.3 Å². The van der Waals surface area contributed by atoms with Crippen LogP contribution < -0.4 is 0 Å². The van der Waals surface area contributed by atoms with Gasteiger partial charge in [-0.05, 0) is 24.0 Å². The minimum atomic E-state index is -0.237. The highest BCUT2D eigenvalue weighted by molar-refractivity contribution is 9.10. The molecule has 14 heavy (non-hydrogen) atoms. The summed E-state index contributed by atoms with van der Waals surface area (Å²) >= 11 is 3.48. The third kappa shape index (κ3) is 3.10. The molecule has 0 amide bonds. The zero-order chi connectivity index (χ0) is 10.6. The van der Waals surface area contributed by atoms with Gasteiger partial charge >= 0.3 is 0 Å². The van der Waals surface area contributed by atoms with Gasteiger partial charge < -0.3 is 5.11 Å². The van der Waals surface area contributed by atoms with Crippen molar-refractivity contribution in [1.29, 1.82) is 0 Å². The summed E-state index contributed by atoms with van der Waals surface area (Å²) in [5.41, 5.74) is 1.18. The van der Waals surface area contributed by atoms with Crippen molar-refractivity contribution in [2.45, 2.75) is 32.8 Å². The number of aliphatic hydroxyl groups excluding tert-OH is 1. The predicted molar refractivity (Wildman–Crippen MR) is 63.3 cm³/mol. The fourth-order valence-corrected chi connectivity index (χ4v) is 1.81. The number of benzene rings is 1. The van der Waals surface area contributed by atoms with Crippen LogP contribution in [0.5, 0.6) is 0 Å². The van der Waals surface area contributed by atoms with Crippen molar-refractivity contribution >= 4 is 15.9 Å². The zero-order valence-electron chi connectivity index (χ0n) is 8.70. The number of aliphatic hydroxyl groups is 1. The van der Waals surface area contributed by atoms with E-state index in [1.165, 1.54) is 5.56 Å². The number of halogens is 1. The molecular weight excluding hydrogens is 240 g/mol. The molecule has 1 rings (SSSR count). The van der Waals surface area contributed by atoms with Gasteiger partial charge in [-0.1, -0.05) is 54.4 Å². The highest BCUT2D eigenvalue weighted by Gasteiger charge is 2.13. The lowest BCUT2D eigenvalue weighted by Gasteiger charge is -2.17. The lowest BCUT2D eigenvalue weighted by molar-refractivity contribution is 0.114. The molecule has 0 bridgehead atoms. The molecule has 2 atom stereocenters. The van der Waals surface area contributed by atoms with Crippen LogP contribution in [0.1, 0.15) is 25.8 Å². The lowest BCUT2D eigenvalue weighted by atomic mass is 9.96. The fraction of sp³-hybridized carbons (Fsp3) is 0.500. The largest absolute Gasteiger partial charge is 0.393 e. The van der Waals surface area contributed by atoms with E-state index in [0.29, 0.717) is 5.92 Å². The molecule has 1 aromatic carbocycles. The van der Waals surface area contributed by atoms with Crippen molar-refractivity contribution in [3.63, 3.8) is 0 Å². The predicted octanol–water partition coefficient (Wildman–Crippen LogP) is 3.40. The molecule has 2 unspecified atom stereocenters. The van der Waals surface area contributed by atoms with Crippen LogP contribution in [0, 0.1) is 5.92 Å². The third-order valence-electron chi connectivity index (χ3n) is 2.69. The van der Waals surface area contributed by atoms with Crippen LogP contribution in [0.15, 0.2) is 28.7 Å². The summed E-state index contributed by atoms with van der Waals surface area (Å²) in [4.78, 5) is 0. The molecule has 78 valence electrons. The molecule has 0 spiro atoms. The van der Waals surface area contributed by atoms with Crippen LogP contribution >= 0.6 is 15.9 Å². The SMILES string of the molecule is CCC(C)C(O)Cc1ccccc1Br. The molecule has 0 saturated heterocycles. The first-order valence-electron chi connectivity index (χ1n) is 5.06. The van der Waals surface area contributed by atoms with Crippen molar-refractivity contribution in [3.8, 4) is 0 Å². The van der Waals surface area contributed by atoms with Gasteiger partial charge in [-0.2, -0.15) is 0 Å². The molecule has 0 heterocycles. The quantitative estimate of drug-likeness (QED) is 0.876. The number of rotatable bonds is 4. The zero-order valence-corrected chi connectivity index (χ0v) is 10.3. The third-order valence-corrected chi connectivity index (χ3v) is 3.46. The van der Waals surface area contributed by atoms with Crippen molar-refractivity contribution in [1.82, 2.24) is 0 Å². The topological polar surface area (TPSA) is 20.2 Å². The molecule has 0 aliphatic carbocycles. The number of hydrogen-bond donors (Lipinski definition) is 1. The molecule has 1 N–H and O–H groups in total. The summed E-state index contributed by atoms with van der Waals surface area (Å²) in [5, 5.41) is 9.87. The van der Waals surface area contributed by atoms with Gasteiger partial charge in [-0.15, -0.1) is 0 Å². The Bertz CT molecular complexity index is 285. The van der Waals surface area contributed by atoms with Crippen molar-refractivity contribution in [2.24, 2.45) is 5.92 Å². The molecule has 0 fully saturated rings. The van der Waals surface area contributed by atoms with Gasteiger partial charge in [0.15, 0.2) is 0 Å². The lowest BCUT2D eigenvalue weighted by Crippen LogP contribution is -2.19. The average Bonchev–Trinajstić information content (AvgIpc) is 2.20. The summed E-state index contributed by atoms with van der Waals surface area (Å²) in [7, 11) is 0. The monoisotopic (exact) mass is 256 g/mol. The van der Waals surface area contributed by atoms with Gasteiger partial charge in [0, 0.05) is 4.47 Å². The van der Waals surface area contributed by atoms with E-state index in [-0.39, 0.29) is 6.10 Å². The van der Waals surface area contributed by atoms with E-state index in [9.17, 15) is 5.11 Å². The Balaban J connectivity index is 2.64. The van der Waals surface area contributed by atoms with Crippen molar-refractivity contribution < 1.29 is 5.11 Å². The summed E-state index contributed by atoms with van der Waals surface area (Å²) in [5.74, 6) is 0.363. The van der Waals surface area contributed by atoms with Gasteiger partial charge in [-0.25, -0.2) is 0 Å². The molecule has 1 aromatic rings. The smallest absolute Gasteiger partial charge is 0.0606 e. The Labute approximate surface area is 94.3 Å². The van der Waals surface area contributed by atoms with Crippen LogP contribution in [-0.4, -0.2) is 11.2 Å². The summed E-state index contributed by atoms with van der Waals surface area (Å²) in [6.07, 6.45) is 1.51. The molecule has 0 aliphatic rings. The van der Waals surface area contributed by atoms with Gasteiger partial charge in [0.2, 0.25) is 0 Å². The normalized spacial score (nSPS) is 15.1. The molecule has 1 nitrogen and oxygen atoms in total. The molecule has 0 radical (unpaired) electrons. The van der Waals surface area contributed by atoms with E-state index in [1.54, 1.807) is 0 Å². The summed E-state index contributed by atoms with van der Waals surface area (Å²) in [6.45, 7) is 4.19. The summed E-state index contributed by atoms with van der Waals surface area (Å²) in [6, 6.07) is 8.06. The second-order valence-electron chi connectivity index (χ2n) is 3.75. The van der Waals surface area contributed by atoms with E-state index < -0.39 is 0 Å². The van der Waals surface area contributed by atoms with Gasteiger partial charge in [0.1, 0.15) is 0 Å². The van der Waals surface area contributed by atoms with Crippen LogP contribution in [0.4, 0.5) is 0 Å². The molecule has 0 aromatic heterocycles. The van der Waals surface area contributed by atoms with Crippen LogP contribution in [-0.2, 0) is 6.42 Å². The maximum Gasteiger partial charge on any atom is 0.0606 e. The molecule has 0 aliphatic heterocycles. The first kappa shape index (κ1) is 11.7. The van der Waals surface area contributed by atoms with E-state index in [4.69, 9.17) is 0 Å². The number of hydrogen-bond acceptors (Lipinski definition) is 1. The Morgan fingerprint density at radius 2 is 2.00 bits per heavy atom.